The van der Waals surface area contributed by atoms with E-state index in [1.165, 1.54) is 0 Å². The SMILES string of the molecule is CC(C)(C)OC(=O)N1CCCC(N)C2CSCC21. The molecule has 18 heavy (non-hydrogen) atoms. The predicted octanol–water partition coefficient (Wildman–Crippen LogP) is 2.08. The van der Waals surface area contributed by atoms with Crippen molar-refractivity contribution in [1.29, 1.82) is 0 Å². The number of nitrogens with zero attached hydrogens (tertiary/aromatic N) is 1. The molecule has 2 rings (SSSR count). The number of hydrogen-bond donors (Lipinski definition) is 1. The Bertz CT molecular complexity index is 317. The quantitative estimate of drug-likeness (QED) is 0.733. The molecule has 0 aliphatic carbocycles. The number of rotatable bonds is 0. The van der Waals surface area contributed by atoms with Gasteiger partial charge in [0.15, 0.2) is 0 Å². The lowest BCUT2D eigenvalue weighted by Gasteiger charge is -2.33. The molecule has 1 amide bonds. The van der Waals surface area contributed by atoms with E-state index >= 15 is 0 Å². The van der Waals surface area contributed by atoms with E-state index < -0.39 is 5.60 Å². The van der Waals surface area contributed by atoms with Gasteiger partial charge in [0.25, 0.3) is 0 Å². The second-order valence-electron chi connectivity index (χ2n) is 6.25. The number of thioether (sulfide) groups is 1. The molecule has 104 valence electrons. The Morgan fingerprint density at radius 3 is 2.78 bits per heavy atom. The van der Waals surface area contributed by atoms with Crippen LogP contribution in [-0.4, -0.2) is 46.7 Å². The van der Waals surface area contributed by atoms with Crippen LogP contribution in [0.15, 0.2) is 0 Å². The number of hydrogen-bond acceptors (Lipinski definition) is 4. The van der Waals surface area contributed by atoms with Crippen LogP contribution in [0, 0.1) is 5.92 Å². The first-order chi connectivity index (χ1) is 8.38. The van der Waals surface area contributed by atoms with Gasteiger partial charge < -0.3 is 15.4 Å². The fourth-order valence-corrected chi connectivity index (χ4v) is 4.26. The molecule has 2 N–H and O–H groups in total. The van der Waals surface area contributed by atoms with Crippen molar-refractivity contribution in [2.24, 2.45) is 11.7 Å². The van der Waals surface area contributed by atoms with E-state index in [4.69, 9.17) is 10.5 Å². The van der Waals surface area contributed by atoms with Crippen molar-refractivity contribution in [2.75, 3.05) is 18.1 Å². The zero-order valence-corrected chi connectivity index (χ0v) is 12.3. The average Bonchev–Trinajstić information content (AvgIpc) is 2.64. The molecular formula is C13H24N2O2S. The van der Waals surface area contributed by atoms with Gasteiger partial charge in [-0.2, -0.15) is 11.8 Å². The van der Waals surface area contributed by atoms with Crippen molar-refractivity contribution in [1.82, 2.24) is 4.90 Å². The summed E-state index contributed by atoms with van der Waals surface area (Å²) in [5.41, 5.74) is 5.79. The zero-order valence-electron chi connectivity index (χ0n) is 11.5. The van der Waals surface area contributed by atoms with E-state index in [1.54, 1.807) is 0 Å². The maximum atomic E-state index is 12.3. The standard InChI is InChI=1S/C13H24N2O2S/c1-13(2,3)17-12(16)15-6-4-5-10(14)9-7-18-8-11(9)15/h9-11H,4-8,14H2,1-3H3. The molecule has 0 saturated carbocycles. The number of fused-ring (bicyclic) bond motifs is 1. The fraction of sp³-hybridized carbons (Fsp3) is 0.923. The third-order valence-corrected chi connectivity index (χ3v) is 4.81. The lowest BCUT2D eigenvalue weighted by molar-refractivity contribution is 0.0156. The monoisotopic (exact) mass is 272 g/mol. The smallest absolute Gasteiger partial charge is 0.410 e. The molecule has 0 spiro atoms. The first-order valence-corrected chi connectivity index (χ1v) is 7.87. The molecule has 2 heterocycles. The Morgan fingerprint density at radius 2 is 2.11 bits per heavy atom. The van der Waals surface area contributed by atoms with Crippen LogP contribution >= 0.6 is 11.8 Å². The Morgan fingerprint density at radius 1 is 1.39 bits per heavy atom. The van der Waals surface area contributed by atoms with Crippen molar-refractivity contribution in [3.05, 3.63) is 0 Å². The van der Waals surface area contributed by atoms with Gasteiger partial charge in [-0.05, 0) is 39.4 Å². The van der Waals surface area contributed by atoms with E-state index in [9.17, 15) is 4.79 Å². The summed E-state index contributed by atoms with van der Waals surface area (Å²) in [5, 5.41) is 0. The van der Waals surface area contributed by atoms with Gasteiger partial charge in [0.2, 0.25) is 0 Å². The van der Waals surface area contributed by atoms with E-state index in [0.29, 0.717) is 5.92 Å². The van der Waals surface area contributed by atoms with Crippen LogP contribution in [0.25, 0.3) is 0 Å². The first kappa shape index (κ1) is 14.0. The van der Waals surface area contributed by atoms with Gasteiger partial charge in [-0.25, -0.2) is 4.79 Å². The summed E-state index contributed by atoms with van der Waals surface area (Å²) in [6.07, 6.45) is 1.83. The van der Waals surface area contributed by atoms with Crippen LogP contribution in [0.5, 0.6) is 0 Å². The lowest BCUT2D eigenvalue weighted by Crippen LogP contribution is -2.48. The molecule has 0 aromatic heterocycles. The lowest BCUT2D eigenvalue weighted by atomic mass is 9.94. The average molecular weight is 272 g/mol. The molecule has 0 aromatic carbocycles. The topological polar surface area (TPSA) is 55.6 Å². The molecule has 3 unspecified atom stereocenters. The largest absolute Gasteiger partial charge is 0.444 e. The predicted molar refractivity (Wildman–Crippen MR) is 74.8 cm³/mol. The number of ether oxygens (including phenoxy) is 1. The summed E-state index contributed by atoms with van der Waals surface area (Å²) in [6.45, 7) is 6.52. The van der Waals surface area contributed by atoms with Gasteiger partial charge in [0, 0.05) is 30.3 Å². The van der Waals surface area contributed by atoms with Crippen LogP contribution < -0.4 is 5.73 Å². The van der Waals surface area contributed by atoms with Gasteiger partial charge in [-0.1, -0.05) is 0 Å². The van der Waals surface area contributed by atoms with Crippen molar-refractivity contribution in [3.8, 4) is 0 Å². The number of carbonyl (C=O) groups excluding carboxylic acids is 1. The van der Waals surface area contributed by atoms with Crippen molar-refractivity contribution < 1.29 is 9.53 Å². The third-order valence-electron chi connectivity index (χ3n) is 3.61. The summed E-state index contributed by atoms with van der Waals surface area (Å²) in [7, 11) is 0. The summed E-state index contributed by atoms with van der Waals surface area (Å²) in [6, 6.07) is 0.500. The molecule has 3 atom stereocenters. The molecule has 0 radical (unpaired) electrons. The van der Waals surface area contributed by atoms with Crippen LogP contribution in [0.4, 0.5) is 4.79 Å². The van der Waals surface area contributed by atoms with Gasteiger partial charge in [-0.15, -0.1) is 0 Å². The normalized spacial score (nSPS) is 32.9. The molecule has 2 fully saturated rings. The second-order valence-corrected chi connectivity index (χ2v) is 7.32. The van der Waals surface area contributed by atoms with E-state index in [1.807, 2.05) is 37.4 Å². The molecular weight excluding hydrogens is 248 g/mol. The molecule has 2 aliphatic heterocycles. The number of nitrogens with two attached hydrogens (primary N) is 1. The van der Waals surface area contributed by atoms with Gasteiger partial charge in [-0.3, -0.25) is 0 Å². The van der Waals surface area contributed by atoms with Crippen LogP contribution in [0.2, 0.25) is 0 Å². The molecule has 5 heteroatoms. The highest BCUT2D eigenvalue weighted by Gasteiger charge is 2.41. The van der Waals surface area contributed by atoms with Gasteiger partial charge in [0.1, 0.15) is 5.60 Å². The highest BCUT2D eigenvalue weighted by atomic mass is 32.2. The minimum Gasteiger partial charge on any atom is -0.444 e. The number of amides is 1. The van der Waals surface area contributed by atoms with E-state index in [2.05, 4.69) is 0 Å². The second kappa shape index (κ2) is 5.29. The maximum Gasteiger partial charge on any atom is 0.410 e. The first-order valence-electron chi connectivity index (χ1n) is 6.71. The summed E-state index contributed by atoms with van der Waals surface area (Å²) in [5.74, 6) is 2.51. The molecule has 0 bridgehead atoms. The van der Waals surface area contributed by atoms with Gasteiger partial charge >= 0.3 is 6.09 Å². The van der Waals surface area contributed by atoms with Crippen LogP contribution in [-0.2, 0) is 4.74 Å². The van der Waals surface area contributed by atoms with Crippen molar-refractivity contribution in [2.45, 2.75) is 51.3 Å². The summed E-state index contributed by atoms with van der Waals surface area (Å²) < 4.78 is 5.51. The number of carbonyl (C=O) groups is 1. The Balaban J connectivity index is 2.09. The fourth-order valence-electron chi connectivity index (χ4n) is 2.71. The highest BCUT2D eigenvalue weighted by Crippen LogP contribution is 2.34. The van der Waals surface area contributed by atoms with Crippen molar-refractivity contribution in [3.63, 3.8) is 0 Å². The number of likely N-dealkylation sites (tertiary alicyclic amines) is 1. The summed E-state index contributed by atoms with van der Waals surface area (Å²) >= 11 is 1.90. The zero-order chi connectivity index (χ0) is 13.3. The van der Waals surface area contributed by atoms with Crippen LogP contribution in [0.3, 0.4) is 0 Å². The summed E-state index contributed by atoms with van der Waals surface area (Å²) in [4.78, 5) is 14.2. The minimum atomic E-state index is -0.424. The van der Waals surface area contributed by atoms with Crippen molar-refractivity contribution >= 4 is 17.9 Å². The minimum absolute atomic E-state index is 0.172. The molecule has 4 nitrogen and oxygen atoms in total. The third kappa shape index (κ3) is 3.12. The maximum absolute atomic E-state index is 12.3. The molecule has 2 aliphatic rings. The molecule has 2 saturated heterocycles. The van der Waals surface area contributed by atoms with Gasteiger partial charge in [0.05, 0.1) is 0 Å². The van der Waals surface area contributed by atoms with E-state index in [0.717, 1.165) is 30.9 Å². The Hall–Kier alpha value is -0.420. The Kier molecular flexibility index (Phi) is 4.11. The highest BCUT2D eigenvalue weighted by molar-refractivity contribution is 7.99. The Labute approximate surface area is 114 Å². The van der Waals surface area contributed by atoms with Crippen LogP contribution in [0.1, 0.15) is 33.6 Å². The van der Waals surface area contributed by atoms with E-state index in [-0.39, 0.29) is 18.2 Å². The molecule has 0 aromatic rings.